The standard InChI is InChI=1S/C63H39N5O/c1-4-18-40(19-5-1)41-34-36-44(37-35-41)67-53-30-14-12-25-47(53)49-38-39-50-48-26-13-15-31-54(48)68(60(50)59(49)67)63-65-61(51-27-11-10-24-45(51)42-20-6-2-7-21-42)64-62(66-63)52-29-17-33-56-58(52)57-46(28-16-32-55(57)69-56)43-22-8-3-9-23-43/h1-39H. The Morgan fingerprint density at radius 1 is 0.290 bits per heavy atom. The molecule has 0 aliphatic rings. The van der Waals surface area contributed by atoms with Crippen LogP contribution in [0.15, 0.2) is 241 Å². The van der Waals surface area contributed by atoms with E-state index in [-0.39, 0.29) is 0 Å². The minimum Gasteiger partial charge on any atom is -0.456 e. The lowest BCUT2D eigenvalue weighted by atomic mass is 9.97. The van der Waals surface area contributed by atoms with Crippen LogP contribution in [0.5, 0.6) is 0 Å². The zero-order chi connectivity index (χ0) is 45.4. The summed E-state index contributed by atoms with van der Waals surface area (Å²) < 4.78 is 11.4. The molecule has 0 radical (unpaired) electrons. The van der Waals surface area contributed by atoms with E-state index < -0.39 is 0 Å². The first-order valence-corrected chi connectivity index (χ1v) is 23.3. The molecule has 69 heavy (non-hydrogen) atoms. The van der Waals surface area contributed by atoms with Crippen LogP contribution in [-0.2, 0) is 0 Å². The lowest BCUT2D eigenvalue weighted by Gasteiger charge is -2.15. The molecule has 6 nitrogen and oxygen atoms in total. The highest BCUT2D eigenvalue weighted by molar-refractivity contribution is 6.24. The smallest absolute Gasteiger partial charge is 0.238 e. The predicted octanol–water partition coefficient (Wildman–Crippen LogP) is 16.3. The highest BCUT2D eigenvalue weighted by Crippen LogP contribution is 2.44. The maximum Gasteiger partial charge on any atom is 0.238 e. The fourth-order valence-electron chi connectivity index (χ4n) is 10.6. The van der Waals surface area contributed by atoms with E-state index >= 15 is 0 Å². The summed E-state index contributed by atoms with van der Waals surface area (Å²) in [6.07, 6.45) is 0. The molecule has 0 N–H and O–H groups in total. The molecule has 0 spiro atoms. The lowest BCUT2D eigenvalue weighted by Crippen LogP contribution is -2.07. The summed E-state index contributed by atoms with van der Waals surface area (Å²) in [5.41, 5.74) is 15.2. The average Bonchev–Trinajstić information content (AvgIpc) is 4.10. The number of rotatable bonds is 7. The highest BCUT2D eigenvalue weighted by atomic mass is 16.3. The number of hydrogen-bond acceptors (Lipinski definition) is 4. The second kappa shape index (κ2) is 15.6. The van der Waals surface area contributed by atoms with Crippen LogP contribution < -0.4 is 0 Å². The van der Waals surface area contributed by atoms with Crippen molar-refractivity contribution < 1.29 is 4.42 Å². The van der Waals surface area contributed by atoms with Crippen LogP contribution in [0.4, 0.5) is 0 Å². The normalized spacial score (nSPS) is 11.8. The van der Waals surface area contributed by atoms with E-state index in [1.165, 1.54) is 10.9 Å². The predicted molar refractivity (Wildman–Crippen MR) is 283 cm³/mol. The van der Waals surface area contributed by atoms with Gasteiger partial charge < -0.3 is 8.98 Å². The number of hydrogen-bond donors (Lipinski definition) is 0. The summed E-state index contributed by atoms with van der Waals surface area (Å²) >= 11 is 0. The summed E-state index contributed by atoms with van der Waals surface area (Å²) in [4.78, 5) is 16.7. The minimum absolute atomic E-state index is 0.515. The van der Waals surface area contributed by atoms with Gasteiger partial charge in [0.25, 0.3) is 0 Å². The van der Waals surface area contributed by atoms with Crippen LogP contribution >= 0.6 is 0 Å². The zero-order valence-electron chi connectivity index (χ0n) is 37.2. The summed E-state index contributed by atoms with van der Waals surface area (Å²) in [5, 5.41) is 6.49. The van der Waals surface area contributed by atoms with Gasteiger partial charge in [0, 0.05) is 49.1 Å². The highest BCUT2D eigenvalue weighted by Gasteiger charge is 2.25. The number of para-hydroxylation sites is 2. The summed E-state index contributed by atoms with van der Waals surface area (Å²) in [6.45, 7) is 0. The SMILES string of the molecule is c1ccc(-c2ccc(-n3c4ccccc4c4ccc5c6ccccc6n(-c6nc(-c7ccccc7-c7ccccc7)nc(-c7cccc8oc9cccc(-c%10ccccc%10)c9c78)n6)c5c43)cc2)cc1. The molecule has 0 unspecified atom stereocenters. The molecule has 10 aromatic carbocycles. The van der Waals surface area contributed by atoms with Gasteiger partial charge in [-0.05, 0) is 69.8 Å². The van der Waals surface area contributed by atoms with E-state index in [9.17, 15) is 0 Å². The van der Waals surface area contributed by atoms with E-state index in [2.05, 4.69) is 215 Å². The van der Waals surface area contributed by atoms with Crippen molar-refractivity contribution in [3.8, 4) is 67.8 Å². The van der Waals surface area contributed by atoms with Gasteiger partial charge in [-0.3, -0.25) is 4.57 Å². The third kappa shape index (κ3) is 6.16. The van der Waals surface area contributed by atoms with Crippen molar-refractivity contribution in [2.45, 2.75) is 0 Å². The maximum absolute atomic E-state index is 6.67. The van der Waals surface area contributed by atoms with Crippen LogP contribution in [0.25, 0.3) is 133 Å². The van der Waals surface area contributed by atoms with Crippen LogP contribution in [0.3, 0.4) is 0 Å². The molecular weight excluding hydrogens is 843 g/mol. The maximum atomic E-state index is 6.67. The van der Waals surface area contributed by atoms with Crippen molar-refractivity contribution in [2.75, 3.05) is 0 Å². The molecule has 6 heteroatoms. The molecule has 14 aromatic rings. The van der Waals surface area contributed by atoms with Gasteiger partial charge in [0.2, 0.25) is 5.95 Å². The topological polar surface area (TPSA) is 61.7 Å². The van der Waals surface area contributed by atoms with Gasteiger partial charge in [-0.15, -0.1) is 0 Å². The average molecular weight is 882 g/mol. The Balaban J connectivity index is 1.10. The number of furan rings is 1. The van der Waals surface area contributed by atoms with Crippen LogP contribution in [0.1, 0.15) is 0 Å². The van der Waals surface area contributed by atoms with E-state index in [4.69, 9.17) is 19.4 Å². The molecule has 0 bridgehead atoms. The molecule has 0 fully saturated rings. The Bertz CT molecular complexity index is 4280. The van der Waals surface area contributed by atoms with Gasteiger partial charge in [-0.25, -0.2) is 4.98 Å². The van der Waals surface area contributed by atoms with Crippen LogP contribution in [-0.4, -0.2) is 24.1 Å². The second-order valence-corrected chi connectivity index (χ2v) is 17.5. The fraction of sp³-hybridized carbons (Fsp3) is 0. The number of benzene rings is 10. The quantitative estimate of drug-likeness (QED) is 0.160. The first-order valence-electron chi connectivity index (χ1n) is 23.3. The Morgan fingerprint density at radius 2 is 0.739 bits per heavy atom. The van der Waals surface area contributed by atoms with Crippen LogP contribution in [0, 0.1) is 0 Å². The molecule has 4 heterocycles. The largest absolute Gasteiger partial charge is 0.456 e. The van der Waals surface area contributed by atoms with Gasteiger partial charge in [0.05, 0.1) is 22.1 Å². The fourth-order valence-corrected chi connectivity index (χ4v) is 10.6. The number of nitrogens with zero attached hydrogens (tertiary/aromatic N) is 5. The zero-order valence-corrected chi connectivity index (χ0v) is 37.2. The molecule has 0 amide bonds. The van der Waals surface area contributed by atoms with Gasteiger partial charge in [0.1, 0.15) is 11.2 Å². The van der Waals surface area contributed by atoms with E-state index in [0.29, 0.717) is 17.6 Å². The van der Waals surface area contributed by atoms with Crippen molar-refractivity contribution in [1.82, 2.24) is 24.1 Å². The van der Waals surface area contributed by atoms with E-state index in [1.54, 1.807) is 0 Å². The Kier molecular flexibility index (Phi) is 8.79. The first-order chi connectivity index (χ1) is 34.2. The van der Waals surface area contributed by atoms with E-state index in [0.717, 1.165) is 105 Å². The van der Waals surface area contributed by atoms with Crippen molar-refractivity contribution in [3.63, 3.8) is 0 Å². The molecular formula is C63H39N5O. The third-order valence-electron chi connectivity index (χ3n) is 13.6. The Hall–Kier alpha value is -9.39. The Morgan fingerprint density at radius 3 is 1.38 bits per heavy atom. The molecule has 0 aliphatic carbocycles. The molecule has 0 saturated carbocycles. The molecule has 0 atom stereocenters. The van der Waals surface area contributed by atoms with Crippen molar-refractivity contribution >= 4 is 65.6 Å². The molecule has 322 valence electrons. The lowest BCUT2D eigenvalue weighted by molar-refractivity contribution is 0.669. The van der Waals surface area contributed by atoms with Crippen molar-refractivity contribution in [2.24, 2.45) is 0 Å². The molecule has 14 rings (SSSR count). The second-order valence-electron chi connectivity index (χ2n) is 17.5. The summed E-state index contributed by atoms with van der Waals surface area (Å²) in [6, 6.07) is 83.2. The monoisotopic (exact) mass is 881 g/mol. The van der Waals surface area contributed by atoms with Gasteiger partial charge in [-0.2, -0.15) is 9.97 Å². The number of fused-ring (bicyclic) bond motifs is 10. The third-order valence-corrected chi connectivity index (χ3v) is 13.6. The first kappa shape index (κ1) is 38.8. The number of aromatic nitrogens is 5. The Labute approximate surface area is 396 Å². The molecule has 4 aromatic heterocycles. The van der Waals surface area contributed by atoms with Crippen LogP contribution in [0.2, 0.25) is 0 Å². The van der Waals surface area contributed by atoms with Gasteiger partial charge in [-0.1, -0.05) is 200 Å². The van der Waals surface area contributed by atoms with E-state index in [1.807, 2.05) is 30.3 Å². The molecule has 0 aliphatic heterocycles. The minimum atomic E-state index is 0.515. The summed E-state index contributed by atoms with van der Waals surface area (Å²) in [7, 11) is 0. The van der Waals surface area contributed by atoms with Crippen molar-refractivity contribution in [3.05, 3.63) is 237 Å². The van der Waals surface area contributed by atoms with Gasteiger partial charge in [0.15, 0.2) is 11.6 Å². The summed E-state index contributed by atoms with van der Waals surface area (Å²) in [5.74, 6) is 1.63. The molecule has 0 saturated heterocycles. The van der Waals surface area contributed by atoms with Crippen molar-refractivity contribution in [1.29, 1.82) is 0 Å². The van der Waals surface area contributed by atoms with Gasteiger partial charge >= 0.3 is 0 Å².